The summed E-state index contributed by atoms with van der Waals surface area (Å²) in [6, 6.07) is 6.62. The van der Waals surface area contributed by atoms with Gasteiger partial charge in [-0.1, -0.05) is 44.9 Å². The van der Waals surface area contributed by atoms with Crippen molar-refractivity contribution in [2.75, 3.05) is 6.54 Å². The molecule has 0 fully saturated rings. The fourth-order valence-corrected chi connectivity index (χ4v) is 1.85. The summed E-state index contributed by atoms with van der Waals surface area (Å²) in [5.41, 5.74) is 0.605. The highest BCUT2D eigenvalue weighted by atomic mass is 19.1. The van der Waals surface area contributed by atoms with E-state index in [0.29, 0.717) is 18.5 Å². The summed E-state index contributed by atoms with van der Waals surface area (Å²) in [4.78, 5) is 11.8. The highest BCUT2D eigenvalue weighted by Crippen LogP contribution is 2.12. The summed E-state index contributed by atoms with van der Waals surface area (Å²) in [5, 5.41) is 2.90. The van der Waals surface area contributed by atoms with Crippen LogP contribution in [0.15, 0.2) is 24.3 Å². The first-order chi connectivity index (χ1) is 8.65. The number of halogens is 1. The van der Waals surface area contributed by atoms with E-state index in [4.69, 9.17) is 0 Å². The van der Waals surface area contributed by atoms with Crippen LogP contribution in [0.25, 0.3) is 0 Å². The van der Waals surface area contributed by atoms with Crippen LogP contribution < -0.4 is 5.32 Å². The van der Waals surface area contributed by atoms with Gasteiger partial charge in [-0.05, 0) is 24.5 Å². The number of hydrogen-bond donors (Lipinski definition) is 1. The van der Waals surface area contributed by atoms with Crippen LogP contribution in [0, 0.1) is 11.7 Å². The van der Waals surface area contributed by atoms with Crippen molar-refractivity contribution in [2.24, 2.45) is 5.92 Å². The summed E-state index contributed by atoms with van der Waals surface area (Å²) < 4.78 is 13.4. The number of unbranched alkanes of at least 4 members (excludes halogenated alkanes) is 2. The molecule has 18 heavy (non-hydrogen) atoms. The van der Waals surface area contributed by atoms with E-state index >= 15 is 0 Å². The second-order valence-electron chi connectivity index (χ2n) is 4.69. The van der Waals surface area contributed by atoms with E-state index in [2.05, 4.69) is 12.2 Å². The second-order valence-corrected chi connectivity index (χ2v) is 4.69. The molecule has 100 valence electrons. The van der Waals surface area contributed by atoms with E-state index in [1.54, 1.807) is 18.2 Å². The molecule has 0 spiro atoms. The van der Waals surface area contributed by atoms with Crippen LogP contribution in [0.1, 0.15) is 38.7 Å². The zero-order valence-electron chi connectivity index (χ0n) is 11.2. The third kappa shape index (κ3) is 4.86. The van der Waals surface area contributed by atoms with Gasteiger partial charge < -0.3 is 5.32 Å². The Kier molecular flexibility index (Phi) is 6.40. The van der Waals surface area contributed by atoms with Gasteiger partial charge in [-0.15, -0.1) is 0 Å². The Morgan fingerprint density at radius 2 is 2.06 bits per heavy atom. The van der Waals surface area contributed by atoms with Crippen molar-refractivity contribution in [3.05, 3.63) is 35.6 Å². The molecule has 0 aliphatic carbocycles. The molecule has 3 heteroatoms. The summed E-state index contributed by atoms with van der Waals surface area (Å²) in [5.74, 6) is -0.416. The molecule has 1 atom stereocenters. The molecule has 1 amide bonds. The number of carbonyl (C=O) groups excluding carboxylic acids is 1. The molecule has 0 heterocycles. The smallest absolute Gasteiger partial charge is 0.223 e. The molecule has 1 aromatic rings. The lowest BCUT2D eigenvalue weighted by Gasteiger charge is -2.12. The van der Waals surface area contributed by atoms with Gasteiger partial charge in [0.15, 0.2) is 0 Å². The predicted octanol–water partition coefficient (Wildman–Crippen LogP) is 3.31. The van der Waals surface area contributed by atoms with Gasteiger partial charge in [0.25, 0.3) is 0 Å². The number of rotatable bonds is 7. The number of benzene rings is 1. The predicted molar refractivity (Wildman–Crippen MR) is 71.8 cm³/mol. The fraction of sp³-hybridized carbons (Fsp3) is 0.533. The average molecular weight is 251 g/mol. The molecule has 1 rings (SSSR count). The molecular weight excluding hydrogens is 229 g/mol. The SMILES string of the molecule is CCCCCNC(=O)C(C)Cc1ccccc1F. The van der Waals surface area contributed by atoms with Crippen molar-refractivity contribution >= 4 is 5.91 Å². The molecular formula is C15H22FNO. The summed E-state index contributed by atoms with van der Waals surface area (Å²) in [6.45, 7) is 4.68. The van der Waals surface area contributed by atoms with Crippen molar-refractivity contribution < 1.29 is 9.18 Å². The Balaban J connectivity index is 2.38. The van der Waals surface area contributed by atoms with Gasteiger partial charge in [0.05, 0.1) is 0 Å². The summed E-state index contributed by atoms with van der Waals surface area (Å²) in [6.07, 6.45) is 3.73. The quantitative estimate of drug-likeness (QED) is 0.740. The lowest BCUT2D eigenvalue weighted by Crippen LogP contribution is -2.31. The maximum atomic E-state index is 13.4. The first kappa shape index (κ1) is 14.7. The van der Waals surface area contributed by atoms with E-state index in [1.165, 1.54) is 6.07 Å². The van der Waals surface area contributed by atoms with E-state index in [-0.39, 0.29) is 17.6 Å². The summed E-state index contributed by atoms with van der Waals surface area (Å²) >= 11 is 0. The molecule has 0 bridgehead atoms. The van der Waals surface area contributed by atoms with Crippen LogP contribution in [0.3, 0.4) is 0 Å². The zero-order valence-corrected chi connectivity index (χ0v) is 11.2. The van der Waals surface area contributed by atoms with Crippen LogP contribution in [0.4, 0.5) is 4.39 Å². The van der Waals surface area contributed by atoms with Crippen molar-refractivity contribution in [3.8, 4) is 0 Å². The number of carbonyl (C=O) groups is 1. The minimum absolute atomic E-state index is 0.00866. The van der Waals surface area contributed by atoms with Crippen molar-refractivity contribution in [1.82, 2.24) is 5.32 Å². The van der Waals surface area contributed by atoms with Gasteiger partial charge in [0.2, 0.25) is 5.91 Å². The first-order valence-electron chi connectivity index (χ1n) is 6.66. The molecule has 0 radical (unpaired) electrons. The van der Waals surface area contributed by atoms with E-state index in [0.717, 1.165) is 19.3 Å². The Hall–Kier alpha value is -1.38. The monoisotopic (exact) mass is 251 g/mol. The molecule has 1 aromatic carbocycles. The minimum atomic E-state index is -0.233. The van der Waals surface area contributed by atoms with Crippen LogP contribution in [0.2, 0.25) is 0 Å². The number of nitrogens with one attached hydrogen (secondary N) is 1. The molecule has 0 saturated carbocycles. The largest absolute Gasteiger partial charge is 0.356 e. The molecule has 1 unspecified atom stereocenters. The third-order valence-corrected chi connectivity index (χ3v) is 3.01. The minimum Gasteiger partial charge on any atom is -0.356 e. The molecule has 0 saturated heterocycles. The molecule has 2 nitrogen and oxygen atoms in total. The highest BCUT2D eigenvalue weighted by molar-refractivity contribution is 5.78. The third-order valence-electron chi connectivity index (χ3n) is 3.01. The van der Waals surface area contributed by atoms with E-state index in [9.17, 15) is 9.18 Å². The standard InChI is InChI=1S/C15H22FNO/c1-3-4-7-10-17-15(18)12(2)11-13-8-5-6-9-14(13)16/h5-6,8-9,12H,3-4,7,10-11H2,1-2H3,(H,17,18). The van der Waals surface area contributed by atoms with Gasteiger partial charge in [0, 0.05) is 12.5 Å². The van der Waals surface area contributed by atoms with Gasteiger partial charge in [-0.25, -0.2) is 4.39 Å². The van der Waals surface area contributed by atoms with Crippen LogP contribution >= 0.6 is 0 Å². The fourth-order valence-electron chi connectivity index (χ4n) is 1.85. The maximum absolute atomic E-state index is 13.4. The lowest BCUT2D eigenvalue weighted by molar-refractivity contribution is -0.124. The first-order valence-corrected chi connectivity index (χ1v) is 6.66. The van der Waals surface area contributed by atoms with Gasteiger partial charge in [-0.3, -0.25) is 4.79 Å². The Bertz CT molecular complexity index is 379. The molecule has 1 N–H and O–H groups in total. The molecule has 0 aliphatic heterocycles. The van der Waals surface area contributed by atoms with E-state index < -0.39 is 0 Å². The normalized spacial score (nSPS) is 12.2. The second kappa shape index (κ2) is 7.85. The summed E-state index contributed by atoms with van der Waals surface area (Å²) in [7, 11) is 0. The van der Waals surface area contributed by atoms with Crippen molar-refractivity contribution in [2.45, 2.75) is 39.5 Å². The van der Waals surface area contributed by atoms with Crippen LogP contribution in [-0.2, 0) is 11.2 Å². The van der Waals surface area contributed by atoms with E-state index in [1.807, 2.05) is 6.92 Å². The average Bonchev–Trinajstić information content (AvgIpc) is 2.37. The Labute approximate surface area is 109 Å². The lowest BCUT2D eigenvalue weighted by atomic mass is 10.00. The van der Waals surface area contributed by atoms with Gasteiger partial charge >= 0.3 is 0 Å². The number of amides is 1. The zero-order chi connectivity index (χ0) is 13.4. The molecule has 0 aromatic heterocycles. The van der Waals surface area contributed by atoms with Gasteiger partial charge in [0.1, 0.15) is 5.82 Å². The highest BCUT2D eigenvalue weighted by Gasteiger charge is 2.14. The molecule has 0 aliphatic rings. The van der Waals surface area contributed by atoms with Crippen molar-refractivity contribution in [3.63, 3.8) is 0 Å². The topological polar surface area (TPSA) is 29.1 Å². The Morgan fingerprint density at radius 3 is 2.72 bits per heavy atom. The Morgan fingerprint density at radius 1 is 1.33 bits per heavy atom. The van der Waals surface area contributed by atoms with Crippen molar-refractivity contribution in [1.29, 1.82) is 0 Å². The maximum Gasteiger partial charge on any atom is 0.223 e. The number of hydrogen-bond acceptors (Lipinski definition) is 1. The van der Waals surface area contributed by atoms with Crippen LogP contribution in [0.5, 0.6) is 0 Å². The van der Waals surface area contributed by atoms with Gasteiger partial charge in [-0.2, -0.15) is 0 Å². The van der Waals surface area contributed by atoms with Crippen LogP contribution in [-0.4, -0.2) is 12.5 Å².